The van der Waals surface area contributed by atoms with E-state index in [-0.39, 0.29) is 5.69 Å². The van der Waals surface area contributed by atoms with Crippen LogP contribution in [0.25, 0.3) is 11.3 Å². The number of carbonyl (C=O) groups excluding carboxylic acids is 1. The first-order chi connectivity index (χ1) is 8.13. The molecule has 0 amide bonds. The molecule has 0 bridgehead atoms. The van der Waals surface area contributed by atoms with Gasteiger partial charge in [-0.1, -0.05) is 5.16 Å². The topological polar surface area (TPSA) is 70.2 Å². The Labute approximate surface area is 98.2 Å². The van der Waals surface area contributed by atoms with Crippen LogP contribution in [0.5, 0.6) is 0 Å². The van der Waals surface area contributed by atoms with Gasteiger partial charge in [-0.05, 0) is 13.8 Å². The van der Waals surface area contributed by atoms with Crippen LogP contribution in [0.2, 0.25) is 0 Å². The molecular weight excluding hydrogens is 222 g/mol. The van der Waals surface area contributed by atoms with Crippen LogP contribution in [0.15, 0.2) is 16.8 Å². The molecule has 0 atom stereocenters. The Morgan fingerprint density at radius 3 is 2.94 bits per heavy atom. The van der Waals surface area contributed by atoms with E-state index in [1.807, 2.05) is 14.0 Å². The first-order valence-corrected chi connectivity index (χ1v) is 5.26. The van der Waals surface area contributed by atoms with Crippen LogP contribution in [0.4, 0.5) is 0 Å². The molecule has 0 aliphatic rings. The molecule has 17 heavy (non-hydrogen) atoms. The number of hydrogen-bond acceptors (Lipinski definition) is 5. The molecule has 0 N–H and O–H groups in total. The summed E-state index contributed by atoms with van der Waals surface area (Å²) in [6.45, 7) is 3.96. The number of hydrogen-bond donors (Lipinski definition) is 0. The lowest BCUT2D eigenvalue weighted by molar-refractivity contribution is 0.0514. The van der Waals surface area contributed by atoms with Gasteiger partial charge in [-0.15, -0.1) is 0 Å². The predicted octanol–water partition coefficient (Wildman–Crippen LogP) is 1.56. The first-order valence-electron chi connectivity index (χ1n) is 5.26. The van der Waals surface area contributed by atoms with Gasteiger partial charge in [-0.25, -0.2) is 4.79 Å². The summed E-state index contributed by atoms with van der Waals surface area (Å²) in [5.41, 5.74) is 1.93. The standard InChI is InChI=1S/C11H13N3O3/c1-4-16-11(15)9-5-10(17-13-9)8-6-12-14(3)7(8)2/h5-6H,4H2,1-3H3. The molecule has 2 aromatic rings. The fourth-order valence-corrected chi connectivity index (χ4v) is 1.44. The molecule has 2 rings (SSSR count). The third-order valence-electron chi connectivity index (χ3n) is 2.50. The van der Waals surface area contributed by atoms with Crippen LogP contribution in [-0.2, 0) is 11.8 Å². The zero-order valence-electron chi connectivity index (χ0n) is 9.93. The highest BCUT2D eigenvalue weighted by molar-refractivity contribution is 5.88. The van der Waals surface area contributed by atoms with E-state index in [1.54, 1.807) is 23.9 Å². The second-order valence-electron chi connectivity index (χ2n) is 3.56. The smallest absolute Gasteiger partial charge is 0.360 e. The number of aromatic nitrogens is 3. The zero-order chi connectivity index (χ0) is 12.4. The molecule has 0 saturated carbocycles. The van der Waals surface area contributed by atoms with Gasteiger partial charge in [0.2, 0.25) is 0 Å². The Morgan fingerprint density at radius 1 is 1.59 bits per heavy atom. The summed E-state index contributed by atoms with van der Waals surface area (Å²) < 4.78 is 11.7. The monoisotopic (exact) mass is 235 g/mol. The van der Waals surface area contributed by atoms with Crippen LogP contribution in [0, 0.1) is 6.92 Å². The molecule has 0 radical (unpaired) electrons. The summed E-state index contributed by atoms with van der Waals surface area (Å²) in [6, 6.07) is 1.56. The molecule has 0 aliphatic carbocycles. The van der Waals surface area contributed by atoms with Crippen molar-refractivity contribution in [3.63, 3.8) is 0 Å². The van der Waals surface area contributed by atoms with Crippen molar-refractivity contribution < 1.29 is 14.1 Å². The number of carbonyl (C=O) groups is 1. The molecule has 0 aliphatic heterocycles. The van der Waals surface area contributed by atoms with E-state index in [9.17, 15) is 4.79 Å². The highest BCUT2D eigenvalue weighted by atomic mass is 16.5. The van der Waals surface area contributed by atoms with Crippen molar-refractivity contribution in [2.45, 2.75) is 13.8 Å². The van der Waals surface area contributed by atoms with Gasteiger partial charge in [-0.3, -0.25) is 4.68 Å². The van der Waals surface area contributed by atoms with Crippen molar-refractivity contribution in [2.24, 2.45) is 7.05 Å². The Bertz CT molecular complexity index is 542. The Morgan fingerprint density at radius 2 is 2.35 bits per heavy atom. The lowest BCUT2D eigenvalue weighted by atomic mass is 10.2. The van der Waals surface area contributed by atoms with Gasteiger partial charge in [0.1, 0.15) is 0 Å². The summed E-state index contributed by atoms with van der Waals surface area (Å²) in [5.74, 6) is 0.0303. The van der Waals surface area contributed by atoms with Crippen molar-refractivity contribution in [3.8, 4) is 11.3 Å². The zero-order valence-corrected chi connectivity index (χ0v) is 9.93. The number of rotatable bonds is 3. The number of nitrogens with zero attached hydrogens (tertiary/aromatic N) is 3. The molecule has 0 saturated heterocycles. The first kappa shape index (κ1) is 11.4. The highest BCUT2D eigenvalue weighted by Crippen LogP contribution is 2.23. The maximum Gasteiger partial charge on any atom is 0.360 e. The van der Waals surface area contributed by atoms with Crippen LogP contribution < -0.4 is 0 Å². The van der Waals surface area contributed by atoms with Gasteiger partial charge in [0.05, 0.1) is 18.4 Å². The van der Waals surface area contributed by atoms with Crippen LogP contribution in [0.1, 0.15) is 23.1 Å². The van der Waals surface area contributed by atoms with Crippen molar-refractivity contribution in [1.82, 2.24) is 14.9 Å². The Kier molecular flexibility index (Phi) is 2.95. The van der Waals surface area contributed by atoms with E-state index >= 15 is 0 Å². The summed E-state index contributed by atoms with van der Waals surface area (Å²) in [5, 5.41) is 7.77. The van der Waals surface area contributed by atoms with Crippen molar-refractivity contribution in [1.29, 1.82) is 0 Å². The highest BCUT2D eigenvalue weighted by Gasteiger charge is 2.17. The summed E-state index contributed by atoms with van der Waals surface area (Å²) in [6.07, 6.45) is 1.67. The fourth-order valence-electron chi connectivity index (χ4n) is 1.44. The van der Waals surface area contributed by atoms with Gasteiger partial charge in [0, 0.05) is 18.8 Å². The van der Waals surface area contributed by atoms with Gasteiger partial charge in [0.15, 0.2) is 11.5 Å². The molecule has 0 unspecified atom stereocenters. The Hall–Kier alpha value is -2.11. The lowest BCUT2D eigenvalue weighted by Gasteiger charge is -1.95. The molecule has 6 nitrogen and oxygen atoms in total. The molecule has 0 aromatic carbocycles. The maximum absolute atomic E-state index is 11.4. The van der Waals surface area contributed by atoms with E-state index in [2.05, 4.69) is 10.3 Å². The normalized spacial score (nSPS) is 10.5. The van der Waals surface area contributed by atoms with Gasteiger partial charge in [0.25, 0.3) is 0 Å². The minimum absolute atomic E-state index is 0.171. The number of ether oxygens (including phenoxy) is 1. The van der Waals surface area contributed by atoms with E-state index in [1.165, 1.54) is 0 Å². The minimum Gasteiger partial charge on any atom is -0.461 e. The van der Waals surface area contributed by atoms with E-state index in [0.29, 0.717) is 12.4 Å². The fraction of sp³-hybridized carbons (Fsp3) is 0.364. The van der Waals surface area contributed by atoms with Gasteiger partial charge in [-0.2, -0.15) is 5.10 Å². The predicted molar refractivity (Wildman–Crippen MR) is 59.4 cm³/mol. The van der Waals surface area contributed by atoms with E-state index in [4.69, 9.17) is 9.26 Å². The molecule has 2 heterocycles. The van der Waals surface area contributed by atoms with Gasteiger partial charge >= 0.3 is 5.97 Å². The van der Waals surface area contributed by atoms with Crippen LogP contribution in [0.3, 0.4) is 0 Å². The minimum atomic E-state index is -0.482. The number of esters is 1. The summed E-state index contributed by atoms with van der Waals surface area (Å²) in [7, 11) is 1.83. The second kappa shape index (κ2) is 4.40. The van der Waals surface area contributed by atoms with E-state index in [0.717, 1.165) is 11.3 Å². The summed E-state index contributed by atoms with van der Waals surface area (Å²) in [4.78, 5) is 11.4. The SMILES string of the molecule is CCOC(=O)c1cc(-c2cnn(C)c2C)on1. The molecule has 0 fully saturated rings. The summed E-state index contributed by atoms with van der Waals surface area (Å²) >= 11 is 0. The third-order valence-corrected chi connectivity index (χ3v) is 2.50. The van der Waals surface area contributed by atoms with Gasteiger partial charge < -0.3 is 9.26 Å². The molecule has 2 aromatic heterocycles. The Balaban J connectivity index is 2.30. The molecular formula is C11H13N3O3. The lowest BCUT2D eigenvalue weighted by Crippen LogP contribution is -2.04. The quantitative estimate of drug-likeness (QED) is 0.755. The van der Waals surface area contributed by atoms with Crippen LogP contribution >= 0.6 is 0 Å². The van der Waals surface area contributed by atoms with Crippen molar-refractivity contribution in [2.75, 3.05) is 6.61 Å². The van der Waals surface area contributed by atoms with E-state index < -0.39 is 5.97 Å². The average Bonchev–Trinajstić information content (AvgIpc) is 2.88. The van der Waals surface area contributed by atoms with Crippen molar-refractivity contribution >= 4 is 5.97 Å². The maximum atomic E-state index is 11.4. The number of aryl methyl sites for hydroxylation is 1. The van der Waals surface area contributed by atoms with Crippen molar-refractivity contribution in [3.05, 3.63) is 23.7 Å². The largest absolute Gasteiger partial charge is 0.461 e. The third kappa shape index (κ3) is 2.06. The second-order valence-corrected chi connectivity index (χ2v) is 3.56. The molecule has 90 valence electrons. The molecule has 6 heteroatoms. The van der Waals surface area contributed by atoms with Crippen LogP contribution in [-0.4, -0.2) is 27.5 Å². The average molecular weight is 235 g/mol. The molecule has 0 spiro atoms.